The molecule has 7 rings (SSSR count). The van der Waals surface area contributed by atoms with Crippen LogP contribution in [0.15, 0.2) is 47.5 Å². The number of hydrogen-bond donors (Lipinski definition) is 0. The van der Waals surface area contributed by atoms with Gasteiger partial charge in [-0.15, -0.1) is 0 Å². The van der Waals surface area contributed by atoms with Crippen molar-refractivity contribution in [2.45, 2.75) is 40.5 Å². The van der Waals surface area contributed by atoms with Crippen LogP contribution in [0.2, 0.25) is 0 Å². The van der Waals surface area contributed by atoms with Gasteiger partial charge >= 0.3 is 0 Å². The Morgan fingerprint density at radius 3 is 2.56 bits per heavy atom. The highest BCUT2D eigenvalue weighted by atomic mass is 16.3. The highest BCUT2D eigenvalue weighted by Crippen LogP contribution is 2.35. The molecule has 0 bridgehead atoms. The normalized spacial score (nSPS) is 14.6. The maximum atomic E-state index is 13.9. The van der Waals surface area contributed by atoms with E-state index < -0.39 is 0 Å². The third-order valence-electron chi connectivity index (χ3n) is 8.90. The van der Waals surface area contributed by atoms with Gasteiger partial charge in [0.2, 0.25) is 0 Å². The van der Waals surface area contributed by atoms with Gasteiger partial charge in [-0.3, -0.25) is 14.8 Å². The van der Waals surface area contributed by atoms with Gasteiger partial charge in [-0.1, -0.05) is 20.8 Å². The summed E-state index contributed by atoms with van der Waals surface area (Å²) < 4.78 is 9.71. The zero-order valence-electron chi connectivity index (χ0n) is 25.5. The van der Waals surface area contributed by atoms with Crippen molar-refractivity contribution in [1.82, 2.24) is 39.1 Å². The Balaban J connectivity index is 1.38. The van der Waals surface area contributed by atoms with Crippen LogP contribution in [0, 0.1) is 13.8 Å². The van der Waals surface area contributed by atoms with Gasteiger partial charge in [-0.2, -0.15) is 5.10 Å². The molecule has 0 saturated carbocycles. The van der Waals surface area contributed by atoms with E-state index in [4.69, 9.17) is 19.5 Å². The predicted molar refractivity (Wildman–Crippen MR) is 168 cm³/mol. The molecule has 220 valence electrons. The number of fused-ring (bicyclic) bond motifs is 3. The van der Waals surface area contributed by atoms with Crippen molar-refractivity contribution < 1.29 is 9.21 Å². The summed E-state index contributed by atoms with van der Waals surface area (Å²) >= 11 is 0. The zero-order chi connectivity index (χ0) is 30.0. The summed E-state index contributed by atoms with van der Waals surface area (Å²) in [5, 5.41) is 7.71. The minimum Gasteiger partial charge on any atom is -0.464 e. The lowest BCUT2D eigenvalue weighted by Crippen LogP contribution is -2.48. The summed E-state index contributed by atoms with van der Waals surface area (Å²) in [6.45, 7) is 14.8. The molecule has 1 fully saturated rings. The third kappa shape index (κ3) is 4.31. The number of furan rings is 1. The Kier molecular flexibility index (Phi) is 6.54. The summed E-state index contributed by atoms with van der Waals surface area (Å²) in [6, 6.07) is 5.98. The quantitative estimate of drug-likeness (QED) is 0.262. The molecule has 1 aliphatic heterocycles. The summed E-state index contributed by atoms with van der Waals surface area (Å²) in [4.78, 5) is 32.7. The number of hydrogen-bond acceptors (Lipinski definition) is 7. The first-order valence-corrected chi connectivity index (χ1v) is 15.0. The van der Waals surface area contributed by atoms with Crippen molar-refractivity contribution >= 4 is 38.7 Å². The second kappa shape index (κ2) is 10.3. The lowest BCUT2D eigenvalue weighted by Gasteiger charge is -2.34. The number of carbonyl (C=O) groups excluding carboxylic acids is 1. The predicted octanol–water partition coefficient (Wildman–Crippen LogP) is 5.63. The molecule has 10 heteroatoms. The van der Waals surface area contributed by atoms with Crippen LogP contribution in [0.5, 0.6) is 0 Å². The Morgan fingerprint density at radius 1 is 1.02 bits per heavy atom. The average Bonchev–Trinajstić information content (AvgIpc) is 3.73. The number of aryl methyl sites for hydroxylation is 3. The molecule has 1 saturated heterocycles. The largest absolute Gasteiger partial charge is 0.464 e. The molecule has 6 aromatic rings. The van der Waals surface area contributed by atoms with E-state index in [-0.39, 0.29) is 11.8 Å². The van der Waals surface area contributed by atoms with Gasteiger partial charge in [0.1, 0.15) is 11.3 Å². The molecular formula is C33H36N8O2. The van der Waals surface area contributed by atoms with Gasteiger partial charge in [-0.25, -0.2) is 9.67 Å². The number of likely N-dealkylation sites (N-methyl/N-ethyl adjacent to an activating group) is 1. The highest BCUT2D eigenvalue weighted by Gasteiger charge is 2.28. The first-order chi connectivity index (χ1) is 20.8. The monoisotopic (exact) mass is 576 g/mol. The highest BCUT2D eigenvalue weighted by molar-refractivity contribution is 6.03. The lowest BCUT2D eigenvalue weighted by molar-refractivity contribution is 0.0633. The van der Waals surface area contributed by atoms with Crippen LogP contribution in [0.3, 0.4) is 0 Å². The van der Waals surface area contributed by atoms with E-state index in [9.17, 15) is 4.79 Å². The third-order valence-corrected chi connectivity index (χ3v) is 8.90. The van der Waals surface area contributed by atoms with E-state index >= 15 is 0 Å². The SMILES string of the molecule is CCN1CCN(C(=O)c2c(C)c3c(C(C)C)nc(-n4ncc5c(C)nc(-c6cncc7ccoc67)cc54)cc3n2C)CC1. The van der Waals surface area contributed by atoms with Crippen LogP contribution in [0.4, 0.5) is 0 Å². The van der Waals surface area contributed by atoms with Gasteiger partial charge in [0.15, 0.2) is 5.82 Å². The van der Waals surface area contributed by atoms with Gasteiger partial charge in [0.25, 0.3) is 5.91 Å². The fourth-order valence-corrected chi connectivity index (χ4v) is 6.50. The van der Waals surface area contributed by atoms with Gasteiger partial charge in [0, 0.05) is 73.5 Å². The van der Waals surface area contributed by atoms with Crippen LogP contribution >= 0.6 is 0 Å². The van der Waals surface area contributed by atoms with Crippen molar-refractivity contribution in [1.29, 1.82) is 0 Å². The molecule has 0 aromatic carbocycles. The fourth-order valence-electron chi connectivity index (χ4n) is 6.50. The Morgan fingerprint density at radius 2 is 1.81 bits per heavy atom. The number of pyridine rings is 3. The second-order valence-electron chi connectivity index (χ2n) is 11.8. The van der Waals surface area contributed by atoms with E-state index in [1.165, 1.54) is 0 Å². The summed E-state index contributed by atoms with van der Waals surface area (Å²) in [5.74, 6) is 0.927. The minimum absolute atomic E-state index is 0.0831. The minimum atomic E-state index is 0.0831. The number of rotatable bonds is 5. The molecule has 0 spiro atoms. The van der Waals surface area contributed by atoms with Crippen LogP contribution < -0.4 is 0 Å². The molecule has 0 unspecified atom stereocenters. The average molecular weight is 577 g/mol. The summed E-state index contributed by atoms with van der Waals surface area (Å²) in [7, 11) is 1.99. The van der Waals surface area contributed by atoms with Crippen molar-refractivity contribution in [2.75, 3.05) is 32.7 Å². The Labute approximate surface area is 249 Å². The fraction of sp³-hybridized carbons (Fsp3) is 0.364. The van der Waals surface area contributed by atoms with Crippen LogP contribution in [-0.4, -0.2) is 77.7 Å². The van der Waals surface area contributed by atoms with Crippen molar-refractivity contribution in [3.63, 3.8) is 0 Å². The van der Waals surface area contributed by atoms with Crippen LogP contribution in [-0.2, 0) is 7.05 Å². The zero-order valence-corrected chi connectivity index (χ0v) is 25.5. The molecule has 0 radical (unpaired) electrons. The van der Waals surface area contributed by atoms with Crippen molar-refractivity contribution in [2.24, 2.45) is 7.05 Å². The number of carbonyl (C=O) groups is 1. The number of aromatic nitrogens is 6. The van der Waals surface area contributed by atoms with Crippen LogP contribution in [0.25, 0.3) is 49.9 Å². The summed E-state index contributed by atoms with van der Waals surface area (Å²) in [5.41, 5.74) is 7.73. The maximum Gasteiger partial charge on any atom is 0.270 e. The first-order valence-electron chi connectivity index (χ1n) is 15.0. The number of amides is 1. The molecule has 43 heavy (non-hydrogen) atoms. The molecule has 7 heterocycles. The summed E-state index contributed by atoms with van der Waals surface area (Å²) in [6.07, 6.45) is 7.09. The number of nitrogens with zero attached hydrogens (tertiary/aromatic N) is 8. The molecule has 6 aromatic heterocycles. The van der Waals surface area contributed by atoms with E-state index in [2.05, 4.69) is 43.6 Å². The van der Waals surface area contributed by atoms with Crippen LogP contribution in [0.1, 0.15) is 54.1 Å². The molecule has 0 N–H and O–H groups in total. The standard InChI is InChI=1S/C33H36N8O2/c1-7-39-9-11-40(12-10-39)33(42)31-20(4)29-27(38(31)6)15-28(37-30(29)19(2)3)41-26-14-25(36-21(5)23(26)18-35-41)24-17-34-16-22-8-13-43-32(22)24/h8,13-19H,7,9-12H2,1-6H3. The number of piperazine rings is 1. The van der Waals surface area contributed by atoms with Gasteiger partial charge < -0.3 is 18.8 Å². The van der Waals surface area contributed by atoms with Gasteiger partial charge in [0.05, 0.1) is 40.4 Å². The van der Waals surface area contributed by atoms with E-state index in [0.717, 1.165) is 99.4 Å². The molecular weight excluding hydrogens is 540 g/mol. The molecule has 0 atom stereocenters. The second-order valence-corrected chi connectivity index (χ2v) is 11.8. The van der Waals surface area contributed by atoms with E-state index in [1.807, 2.05) is 46.4 Å². The Bertz CT molecular complexity index is 2020. The smallest absolute Gasteiger partial charge is 0.270 e. The maximum absolute atomic E-state index is 13.9. The topological polar surface area (TPSA) is 98.1 Å². The van der Waals surface area contributed by atoms with E-state index in [0.29, 0.717) is 5.82 Å². The molecule has 0 aliphatic carbocycles. The van der Waals surface area contributed by atoms with Crippen molar-refractivity contribution in [3.8, 4) is 17.1 Å². The molecule has 1 aliphatic rings. The van der Waals surface area contributed by atoms with Gasteiger partial charge in [-0.05, 0) is 44.0 Å². The molecule has 10 nitrogen and oxygen atoms in total. The van der Waals surface area contributed by atoms with E-state index in [1.54, 1.807) is 18.7 Å². The molecule has 1 amide bonds. The van der Waals surface area contributed by atoms with Crippen molar-refractivity contribution in [3.05, 3.63) is 65.7 Å². The first kappa shape index (κ1) is 27.3. The lowest BCUT2D eigenvalue weighted by atomic mass is 10.0. The Hall–Kier alpha value is -4.57.